The average molecular weight is 241 g/mol. The van der Waals surface area contributed by atoms with E-state index >= 15 is 0 Å². The summed E-state index contributed by atoms with van der Waals surface area (Å²) in [5, 5.41) is 9.85. The van der Waals surface area contributed by atoms with Gasteiger partial charge in [0.05, 0.1) is 25.2 Å². The molecule has 5 heteroatoms. The molecule has 98 valence electrons. The number of piperidine rings is 1. The Balaban J connectivity index is 1.72. The van der Waals surface area contributed by atoms with Crippen LogP contribution in [-0.4, -0.2) is 65.2 Å². The highest BCUT2D eigenvalue weighted by Gasteiger charge is 2.42. The van der Waals surface area contributed by atoms with E-state index in [0.29, 0.717) is 25.7 Å². The fourth-order valence-electron chi connectivity index (χ4n) is 2.47. The van der Waals surface area contributed by atoms with Crippen molar-refractivity contribution in [2.24, 2.45) is 5.73 Å². The maximum Gasteiger partial charge on any atom is 0.236 e. The first-order valence-electron chi connectivity index (χ1n) is 6.50. The fraction of sp³-hybridized carbons (Fsp3) is 0.917. The minimum Gasteiger partial charge on any atom is -0.386 e. The summed E-state index contributed by atoms with van der Waals surface area (Å²) >= 11 is 0. The number of rotatable bonds is 3. The molecule has 2 aliphatic rings. The Kier molecular flexibility index (Phi) is 3.70. The molecule has 0 aliphatic carbocycles. The van der Waals surface area contributed by atoms with E-state index in [1.54, 1.807) is 4.90 Å². The third-order valence-electron chi connectivity index (χ3n) is 3.97. The Morgan fingerprint density at radius 2 is 2.00 bits per heavy atom. The van der Waals surface area contributed by atoms with Crippen LogP contribution >= 0.6 is 0 Å². The maximum atomic E-state index is 11.9. The predicted molar refractivity (Wildman–Crippen MR) is 65.5 cm³/mol. The molecule has 2 fully saturated rings. The van der Waals surface area contributed by atoms with Gasteiger partial charge in [-0.3, -0.25) is 9.69 Å². The Labute approximate surface area is 103 Å². The molecule has 0 atom stereocenters. The lowest BCUT2D eigenvalue weighted by molar-refractivity contribution is -0.157. The summed E-state index contributed by atoms with van der Waals surface area (Å²) in [6.07, 6.45) is 2.67. The Morgan fingerprint density at radius 1 is 1.41 bits per heavy atom. The Bertz CT molecular complexity index is 281. The topological polar surface area (TPSA) is 69.8 Å². The third kappa shape index (κ3) is 2.97. The molecule has 0 saturated carbocycles. The van der Waals surface area contributed by atoms with Crippen LogP contribution in [0.15, 0.2) is 0 Å². The van der Waals surface area contributed by atoms with Crippen LogP contribution in [0.25, 0.3) is 0 Å². The number of hydrogen-bond acceptors (Lipinski definition) is 4. The lowest BCUT2D eigenvalue weighted by Gasteiger charge is -2.46. The van der Waals surface area contributed by atoms with Crippen LogP contribution in [0.1, 0.15) is 26.2 Å². The van der Waals surface area contributed by atoms with Gasteiger partial charge in [0, 0.05) is 19.1 Å². The van der Waals surface area contributed by atoms with Crippen LogP contribution in [0, 0.1) is 0 Å². The van der Waals surface area contributed by atoms with Crippen molar-refractivity contribution in [1.82, 2.24) is 9.80 Å². The molecule has 2 saturated heterocycles. The molecule has 0 unspecified atom stereocenters. The van der Waals surface area contributed by atoms with Gasteiger partial charge in [-0.1, -0.05) is 6.92 Å². The SMILES string of the molecule is CCC1(O)CN(C(=O)CN2CCC(N)CC2)C1. The summed E-state index contributed by atoms with van der Waals surface area (Å²) in [4.78, 5) is 15.8. The van der Waals surface area contributed by atoms with Crippen molar-refractivity contribution < 1.29 is 9.90 Å². The van der Waals surface area contributed by atoms with E-state index in [1.165, 1.54) is 0 Å². The first kappa shape index (κ1) is 12.8. The Morgan fingerprint density at radius 3 is 2.53 bits per heavy atom. The molecule has 0 aromatic rings. The van der Waals surface area contributed by atoms with Crippen LogP contribution in [0.4, 0.5) is 0 Å². The summed E-state index contributed by atoms with van der Waals surface area (Å²) in [6.45, 7) is 5.25. The van der Waals surface area contributed by atoms with Crippen LogP contribution < -0.4 is 5.73 Å². The minimum absolute atomic E-state index is 0.138. The molecule has 0 aromatic carbocycles. The molecule has 17 heavy (non-hydrogen) atoms. The largest absolute Gasteiger partial charge is 0.386 e. The van der Waals surface area contributed by atoms with Crippen LogP contribution in [0.5, 0.6) is 0 Å². The van der Waals surface area contributed by atoms with E-state index in [9.17, 15) is 9.90 Å². The van der Waals surface area contributed by atoms with E-state index in [4.69, 9.17) is 5.73 Å². The number of carbonyl (C=O) groups is 1. The van der Waals surface area contributed by atoms with Crippen LogP contribution in [0.2, 0.25) is 0 Å². The molecule has 2 aliphatic heterocycles. The third-order valence-corrected chi connectivity index (χ3v) is 3.97. The molecule has 0 radical (unpaired) electrons. The monoisotopic (exact) mass is 241 g/mol. The van der Waals surface area contributed by atoms with Gasteiger partial charge in [-0.15, -0.1) is 0 Å². The lowest BCUT2D eigenvalue weighted by atomic mass is 9.91. The van der Waals surface area contributed by atoms with Crippen LogP contribution in [-0.2, 0) is 4.79 Å². The predicted octanol–water partition coefficient (Wildman–Crippen LogP) is -0.607. The van der Waals surface area contributed by atoms with Crippen molar-refractivity contribution in [3.05, 3.63) is 0 Å². The molecule has 2 heterocycles. The number of carbonyl (C=O) groups excluding carboxylic acids is 1. The average Bonchev–Trinajstić information content (AvgIpc) is 2.28. The first-order chi connectivity index (χ1) is 8.02. The van der Waals surface area contributed by atoms with Gasteiger partial charge in [0.25, 0.3) is 0 Å². The van der Waals surface area contributed by atoms with E-state index in [-0.39, 0.29) is 5.91 Å². The number of nitrogens with zero attached hydrogens (tertiary/aromatic N) is 2. The minimum atomic E-state index is -0.625. The first-order valence-corrected chi connectivity index (χ1v) is 6.50. The van der Waals surface area contributed by atoms with Crippen molar-refractivity contribution in [2.45, 2.75) is 37.8 Å². The molecule has 5 nitrogen and oxygen atoms in total. The summed E-state index contributed by atoms with van der Waals surface area (Å²) in [5.41, 5.74) is 5.20. The summed E-state index contributed by atoms with van der Waals surface area (Å²) < 4.78 is 0. The smallest absolute Gasteiger partial charge is 0.236 e. The second-order valence-electron chi connectivity index (χ2n) is 5.44. The highest BCUT2D eigenvalue weighted by molar-refractivity contribution is 5.79. The van der Waals surface area contributed by atoms with Crippen LogP contribution in [0.3, 0.4) is 0 Å². The summed E-state index contributed by atoms with van der Waals surface area (Å²) in [5.74, 6) is 0.138. The number of hydrogen-bond donors (Lipinski definition) is 2. The van der Waals surface area contributed by atoms with Crippen molar-refractivity contribution in [1.29, 1.82) is 0 Å². The van der Waals surface area contributed by atoms with Gasteiger partial charge in [-0.2, -0.15) is 0 Å². The molecule has 2 rings (SSSR count). The van der Waals surface area contributed by atoms with E-state index in [1.807, 2.05) is 6.92 Å². The number of amides is 1. The summed E-state index contributed by atoms with van der Waals surface area (Å²) in [7, 11) is 0. The molecule has 0 spiro atoms. The number of likely N-dealkylation sites (tertiary alicyclic amines) is 2. The van der Waals surface area contributed by atoms with Crippen molar-refractivity contribution >= 4 is 5.91 Å². The van der Waals surface area contributed by atoms with Gasteiger partial charge in [0.15, 0.2) is 0 Å². The van der Waals surface area contributed by atoms with Gasteiger partial charge in [0.1, 0.15) is 0 Å². The Hall–Kier alpha value is -0.650. The zero-order chi connectivity index (χ0) is 12.5. The van der Waals surface area contributed by atoms with Gasteiger partial charge >= 0.3 is 0 Å². The standard InChI is InChI=1S/C12H23N3O2/c1-2-12(17)8-15(9-12)11(16)7-14-5-3-10(13)4-6-14/h10,17H,2-9,13H2,1H3. The zero-order valence-corrected chi connectivity index (χ0v) is 10.6. The van der Waals surface area contributed by atoms with E-state index < -0.39 is 5.60 Å². The highest BCUT2D eigenvalue weighted by Crippen LogP contribution is 2.24. The second-order valence-corrected chi connectivity index (χ2v) is 5.44. The molecule has 0 bridgehead atoms. The van der Waals surface area contributed by atoms with Crippen molar-refractivity contribution in [2.75, 3.05) is 32.7 Å². The summed E-state index contributed by atoms with van der Waals surface area (Å²) in [6, 6.07) is 0.301. The quantitative estimate of drug-likeness (QED) is 0.692. The number of nitrogens with two attached hydrogens (primary N) is 1. The molecule has 1 amide bonds. The molecular formula is C12H23N3O2. The highest BCUT2D eigenvalue weighted by atomic mass is 16.3. The zero-order valence-electron chi connectivity index (χ0n) is 10.6. The van der Waals surface area contributed by atoms with Gasteiger partial charge in [-0.25, -0.2) is 0 Å². The number of aliphatic hydroxyl groups is 1. The normalized spacial score (nSPS) is 25.7. The van der Waals surface area contributed by atoms with E-state index in [2.05, 4.69) is 4.90 Å². The van der Waals surface area contributed by atoms with Gasteiger partial charge in [-0.05, 0) is 19.3 Å². The van der Waals surface area contributed by atoms with E-state index in [0.717, 1.165) is 32.4 Å². The van der Waals surface area contributed by atoms with Gasteiger partial charge in [0.2, 0.25) is 5.91 Å². The fourth-order valence-corrected chi connectivity index (χ4v) is 2.47. The molecule has 3 N–H and O–H groups in total. The number of β-amino-alcohol motifs (C(OH)–C–C–N with tert-alkyl or cyclic N) is 1. The molecular weight excluding hydrogens is 218 g/mol. The van der Waals surface area contributed by atoms with Crippen molar-refractivity contribution in [3.8, 4) is 0 Å². The lowest BCUT2D eigenvalue weighted by Crippen LogP contribution is -2.64. The molecule has 0 aromatic heterocycles. The van der Waals surface area contributed by atoms with Gasteiger partial charge < -0.3 is 15.7 Å². The van der Waals surface area contributed by atoms with Crippen molar-refractivity contribution in [3.63, 3.8) is 0 Å². The second kappa shape index (κ2) is 4.92. The maximum absolute atomic E-state index is 11.9.